The standard InChI is InChI=1S/C20H27N3O2.2ClH/c1-15(19(21)16-7-5-4-6-8-16)20(24)22-17-9-11-18(12-10-17)25-14-13-23(2)3;;/h4-12,15,19H,13-14,21H2,1-3H3,(H,22,24);2*1H. The lowest BCUT2D eigenvalue weighted by Gasteiger charge is -2.20. The van der Waals surface area contributed by atoms with Gasteiger partial charge in [-0.15, -0.1) is 24.8 Å². The van der Waals surface area contributed by atoms with Gasteiger partial charge in [-0.05, 0) is 43.9 Å². The Morgan fingerprint density at radius 2 is 1.67 bits per heavy atom. The van der Waals surface area contributed by atoms with Gasteiger partial charge in [0.25, 0.3) is 0 Å². The van der Waals surface area contributed by atoms with Crippen molar-refractivity contribution in [1.29, 1.82) is 0 Å². The normalized spacial score (nSPS) is 12.3. The molecule has 5 nitrogen and oxygen atoms in total. The van der Waals surface area contributed by atoms with E-state index in [1.54, 1.807) is 0 Å². The van der Waals surface area contributed by atoms with E-state index < -0.39 is 0 Å². The van der Waals surface area contributed by atoms with E-state index >= 15 is 0 Å². The highest BCUT2D eigenvalue weighted by atomic mass is 35.5. The van der Waals surface area contributed by atoms with Gasteiger partial charge in [0, 0.05) is 18.3 Å². The summed E-state index contributed by atoms with van der Waals surface area (Å²) in [6, 6.07) is 16.7. The minimum absolute atomic E-state index is 0. The smallest absolute Gasteiger partial charge is 0.229 e. The van der Waals surface area contributed by atoms with Gasteiger partial charge < -0.3 is 20.7 Å². The zero-order chi connectivity index (χ0) is 18.2. The highest BCUT2D eigenvalue weighted by Crippen LogP contribution is 2.22. The molecule has 0 saturated carbocycles. The summed E-state index contributed by atoms with van der Waals surface area (Å²) in [6.45, 7) is 3.32. The molecule has 0 fully saturated rings. The number of anilines is 1. The van der Waals surface area contributed by atoms with Gasteiger partial charge in [0.15, 0.2) is 0 Å². The zero-order valence-corrected chi connectivity index (χ0v) is 17.6. The van der Waals surface area contributed by atoms with E-state index in [9.17, 15) is 4.79 Å². The third-order valence-electron chi connectivity index (χ3n) is 4.07. The average molecular weight is 414 g/mol. The Bertz CT molecular complexity index is 667. The van der Waals surface area contributed by atoms with Crippen LogP contribution in [0.25, 0.3) is 0 Å². The molecule has 0 aliphatic heterocycles. The molecular formula is C20H29Cl2N3O2. The fraction of sp³-hybridized carbons (Fsp3) is 0.350. The number of ether oxygens (including phenoxy) is 1. The molecule has 0 radical (unpaired) electrons. The molecule has 0 bridgehead atoms. The highest BCUT2D eigenvalue weighted by Gasteiger charge is 2.22. The maximum atomic E-state index is 12.4. The molecule has 1 amide bonds. The first kappa shape index (κ1) is 25.2. The quantitative estimate of drug-likeness (QED) is 0.691. The van der Waals surface area contributed by atoms with Gasteiger partial charge in [-0.1, -0.05) is 37.3 Å². The van der Waals surface area contributed by atoms with Gasteiger partial charge in [-0.3, -0.25) is 4.79 Å². The summed E-state index contributed by atoms with van der Waals surface area (Å²) in [5.41, 5.74) is 7.90. The summed E-state index contributed by atoms with van der Waals surface area (Å²) in [5.74, 6) is 0.352. The molecule has 2 aromatic carbocycles. The van der Waals surface area contributed by atoms with Gasteiger partial charge in [0.05, 0.1) is 5.92 Å². The number of benzene rings is 2. The van der Waals surface area contributed by atoms with Crippen LogP contribution in [0.3, 0.4) is 0 Å². The van der Waals surface area contributed by atoms with Crippen LogP contribution in [0.15, 0.2) is 54.6 Å². The Kier molecular flexibility index (Phi) is 11.7. The topological polar surface area (TPSA) is 67.6 Å². The lowest BCUT2D eigenvalue weighted by atomic mass is 9.94. The molecule has 0 heterocycles. The Balaban J connectivity index is 0.00000338. The van der Waals surface area contributed by atoms with Gasteiger partial charge in [-0.25, -0.2) is 0 Å². The predicted molar refractivity (Wildman–Crippen MR) is 116 cm³/mol. The number of carbonyl (C=O) groups is 1. The van der Waals surface area contributed by atoms with Gasteiger partial charge >= 0.3 is 0 Å². The maximum Gasteiger partial charge on any atom is 0.229 e. The highest BCUT2D eigenvalue weighted by molar-refractivity contribution is 5.92. The first-order chi connectivity index (χ1) is 12.0. The molecular weight excluding hydrogens is 385 g/mol. The van der Waals surface area contributed by atoms with Crippen LogP contribution in [-0.4, -0.2) is 38.1 Å². The van der Waals surface area contributed by atoms with Crippen molar-refractivity contribution in [2.45, 2.75) is 13.0 Å². The van der Waals surface area contributed by atoms with Crippen LogP contribution in [0.2, 0.25) is 0 Å². The number of nitrogens with two attached hydrogens (primary N) is 1. The third-order valence-corrected chi connectivity index (χ3v) is 4.07. The van der Waals surface area contributed by atoms with Crippen molar-refractivity contribution in [1.82, 2.24) is 4.90 Å². The molecule has 2 unspecified atom stereocenters. The Hall–Kier alpha value is -1.79. The molecule has 27 heavy (non-hydrogen) atoms. The number of nitrogens with zero attached hydrogens (tertiary/aromatic N) is 1. The van der Waals surface area contributed by atoms with Gasteiger partial charge in [-0.2, -0.15) is 0 Å². The fourth-order valence-corrected chi connectivity index (χ4v) is 2.36. The van der Waals surface area contributed by atoms with E-state index in [0.717, 1.165) is 23.5 Å². The third kappa shape index (κ3) is 8.18. The summed E-state index contributed by atoms with van der Waals surface area (Å²) < 4.78 is 5.65. The summed E-state index contributed by atoms with van der Waals surface area (Å²) in [5, 5.41) is 2.91. The van der Waals surface area contributed by atoms with Crippen molar-refractivity contribution >= 4 is 36.4 Å². The largest absolute Gasteiger partial charge is 0.492 e. The van der Waals surface area contributed by atoms with Crippen LogP contribution in [0.4, 0.5) is 5.69 Å². The summed E-state index contributed by atoms with van der Waals surface area (Å²) in [7, 11) is 4.01. The number of rotatable bonds is 8. The van der Waals surface area contributed by atoms with E-state index in [1.165, 1.54) is 0 Å². The summed E-state index contributed by atoms with van der Waals surface area (Å²) in [6.07, 6.45) is 0. The zero-order valence-electron chi connectivity index (χ0n) is 15.9. The van der Waals surface area contributed by atoms with Crippen molar-refractivity contribution in [2.24, 2.45) is 11.7 Å². The van der Waals surface area contributed by atoms with Crippen LogP contribution >= 0.6 is 24.8 Å². The molecule has 0 aliphatic carbocycles. The van der Waals surface area contributed by atoms with E-state index in [2.05, 4.69) is 10.2 Å². The van der Waals surface area contributed by atoms with Gasteiger partial charge in [0.2, 0.25) is 5.91 Å². The summed E-state index contributed by atoms with van der Waals surface area (Å²) >= 11 is 0. The molecule has 3 N–H and O–H groups in total. The minimum atomic E-state index is -0.338. The average Bonchev–Trinajstić information content (AvgIpc) is 2.62. The van der Waals surface area contributed by atoms with Gasteiger partial charge in [0.1, 0.15) is 12.4 Å². The first-order valence-corrected chi connectivity index (χ1v) is 8.46. The second kappa shape index (κ2) is 12.6. The van der Waals surface area contributed by atoms with Crippen molar-refractivity contribution < 1.29 is 9.53 Å². The molecule has 7 heteroatoms. The lowest BCUT2D eigenvalue weighted by molar-refractivity contribution is -0.120. The minimum Gasteiger partial charge on any atom is -0.492 e. The molecule has 150 valence electrons. The Morgan fingerprint density at radius 3 is 2.22 bits per heavy atom. The maximum absolute atomic E-state index is 12.4. The Labute approximate surface area is 174 Å². The van der Waals surface area contributed by atoms with Crippen molar-refractivity contribution in [3.63, 3.8) is 0 Å². The monoisotopic (exact) mass is 413 g/mol. The Morgan fingerprint density at radius 1 is 1.07 bits per heavy atom. The first-order valence-electron chi connectivity index (χ1n) is 8.46. The van der Waals surface area contributed by atoms with Crippen molar-refractivity contribution in [3.05, 3.63) is 60.2 Å². The van der Waals surface area contributed by atoms with E-state index in [0.29, 0.717) is 6.61 Å². The van der Waals surface area contributed by atoms with E-state index in [1.807, 2.05) is 75.6 Å². The van der Waals surface area contributed by atoms with Crippen molar-refractivity contribution in [3.8, 4) is 5.75 Å². The number of amides is 1. The van der Waals surface area contributed by atoms with Crippen molar-refractivity contribution in [2.75, 3.05) is 32.6 Å². The number of hydrogen-bond acceptors (Lipinski definition) is 4. The molecule has 0 aromatic heterocycles. The van der Waals surface area contributed by atoms with Crippen LogP contribution in [0.1, 0.15) is 18.5 Å². The SMILES string of the molecule is CC(C(=O)Nc1ccc(OCCN(C)C)cc1)C(N)c1ccccc1.Cl.Cl. The lowest BCUT2D eigenvalue weighted by Crippen LogP contribution is -2.30. The second-order valence-electron chi connectivity index (χ2n) is 6.39. The van der Waals surface area contributed by atoms with Crippen LogP contribution < -0.4 is 15.8 Å². The number of nitrogens with one attached hydrogen (secondary N) is 1. The number of halogens is 2. The number of likely N-dealkylation sites (N-methyl/N-ethyl adjacent to an activating group) is 1. The number of hydrogen-bond donors (Lipinski definition) is 2. The fourth-order valence-electron chi connectivity index (χ4n) is 2.36. The molecule has 0 aliphatic rings. The second-order valence-corrected chi connectivity index (χ2v) is 6.39. The molecule has 2 aromatic rings. The molecule has 0 spiro atoms. The molecule has 0 saturated heterocycles. The molecule has 2 atom stereocenters. The van der Waals surface area contributed by atoms with Crippen LogP contribution in [-0.2, 0) is 4.79 Å². The number of carbonyl (C=O) groups excluding carboxylic acids is 1. The van der Waals surface area contributed by atoms with Crippen LogP contribution in [0, 0.1) is 5.92 Å². The predicted octanol–water partition coefficient (Wildman–Crippen LogP) is 3.75. The molecule has 2 rings (SSSR count). The van der Waals surface area contributed by atoms with Crippen LogP contribution in [0.5, 0.6) is 5.75 Å². The van der Waals surface area contributed by atoms with E-state index in [-0.39, 0.29) is 42.7 Å². The van der Waals surface area contributed by atoms with E-state index in [4.69, 9.17) is 10.5 Å². The summed E-state index contributed by atoms with van der Waals surface area (Å²) in [4.78, 5) is 14.5.